The van der Waals surface area contributed by atoms with Crippen molar-refractivity contribution in [3.05, 3.63) is 53.9 Å². The Morgan fingerprint density at radius 2 is 1.96 bits per heavy atom. The molecule has 1 heterocycles. The van der Waals surface area contributed by atoms with Gasteiger partial charge < -0.3 is 20.3 Å². The van der Waals surface area contributed by atoms with Crippen LogP contribution < -0.4 is 10.1 Å². The van der Waals surface area contributed by atoms with Gasteiger partial charge in [-0.05, 0) is 29.8 Å². The summed E-state index contributed by atoms with van der Waals surface area (Å²) in [6.45, 7) is 2.06. The Morgan fingerprint density at radius 3 is 2.54 bits per heavy atom. The molecule has 1 aliphatic carbocycles. The zero-order chi connectivity index (χ0) is 17.1. The Labute approximate surface area is 140 Å². The third-order valence-electron chi connectivity index (χ3n) is 4.32. The van der Waals surface area contributed by atoms with Crippen LogP contribution in [0.25, 0.3) is 0 Å². The molecule has 0 aliphatic heterocycles. The highest BCUT2D eigenvalue weighted by Gasteiger charge is 2.32. The van der Waals surface area contributed by atoms with Gasteiger partial charge in [-0.3, -0.25) is 4.98 Å². The maximum Gasteiger partial charge on any atom is 0.404 e. The molecule has 0 spiro atoms. The van der Waals surface area contributed by atoms with Gasteiger partial charge in [-0.2, -0.15) is 0 Å². The fourth-order valence-electron chi connectivity index (χ4n) is 2.80. The van der Waals surface area contributed by atoms with Crippen LogP contribution in [0.2, 0.25) is 0 Å². The van der Waals surface area contributed by atoms with E-state index in [1.807, 2.05) is 24.3 Å². The van der Waals surface area contributed by atoms with E-state index in [9.17, 15) is 9.90 Å². The lowest BCUT2D eigenvalue weighted by molar-refractivity contribution is 0.0830. The van der Waals surface area contributed by atoms with Crippen LogP contribution in [0.5, 0.6) is 11.5 Å². The van der Waals surface area contributed by atoms with Crippen molar-refractivity contribution in [1.29, 1.82) is 0 Å². The Morgan fingerprint density at radius 1 is 1.25 bits per heavy atom. The molecule has 2 aromatic rings. The van der Waals surface area contributed by atoms with Gasteiger partial charge >= 0.3 is 6.09 Å². The van der Waals surface area contributed by atoms with Crippen molar-refractivity contribution in [1.82, 2.24) is 10.3 Å². The van der Waals surface area contributed by atoms with Crippen LogP contribution in [0.4, 0.5) is 4.79 Å². The fraction of sp³-hybridized carbons (Fsp3) is 0.333. The number of phenolic OH excluding ortho intramolecular Hbond substituents is 1. The summed E-state index contributed by atoms with van der Waals surface area (Å²) in [6, 6.07) is 10.9. The van der Waals surface area contributed by atoms with E-state index in [-0.39, 0.29) is 23.8 Å². The van der Waals surface area contributed by atoms with Crippen molar-refractivity contribution in [2.45, 2.75) is 37.8 Å². The van der Waals surface area contributed by atoms with E-state index >= 15 is 0 Å². The summed E-state index contributed by atoms with van der Waals surface area (Å²) in [6.07, 6.45) is 2.09. The lowest BCUT2D eigenvalue weighted by Gasteiger charge is -2.34. The highest BCUT2D eigenvalue weighted by Crippen LogP contribution is 2.28. The number of carbonyl (C=O) groups is 1. The minimum absolute atomic E-state index is 0.0192. The number of nitrogens with one attached hydrogen (secondary N) is 1. The Kier molecular flexibility index (Phi) is 4.55. The first-order valence-electron chi connectivity index (χ1n) is 7.92. The normalized spacial score (nSPS) is 20.7. The van der Waals surface area contributed by atoms with Crippen molar-refractivity contribution in [2.24, 2.45) is 0 Å². The molecule has 6 nitrogen and oxygen atoms in total. The molecule has 3 N–H and O–H groups in total. The Bertz CT molecular complexity index is 694. The molecule has 1 saturated carbocycles. The first-order valence-corrected chi connectivity index (χ1v) is 7.92. The van der Waals surface area contributed by atoms with Gasteiger partial charge in [0, 0.05) is 30.5 Å². The summed E-state index contributed by atoms with van der Waals surface area (Å²) < 4.78 is 5.79. The highest BCUT2D eigenvalue weighted by atomic mass is 16.5. The molecule has 1 atom stereocenters. The van der Waals surface area contributed by atoms with E-state index in [0.717, 1.165) is 11.3 Å². The fourth-order valence-corrected chi connectivity index (χ4v) is 2.80. The van der Waals surface area contributed by atoms with Gasteiger partial charge in [0.05, 0.1) is 6.20 Å². The van der Waals surface area contributed by atoms with Crippen molar-refractivity contribution in [3.8, 4) is 11.5 Å². The monoisotopic (exact) mass is 328 g/mol. The number of nitrogens with zero attached hydrogens (tertiary/aromatic N) is 1. The number of amides is 1. The number of benzene rings is 1. The molecule has 0 bridgehead atoms. The van der Waals surface area contributed by atoms with Gasteiger partial charge in [0.2, 0.25) is 0 Å². The Balaban J connectivity index is 1.56. The van der Waals surface area contributed by atoms with E-state index in [0.29, 0.717) is 18.6 Å². The molecule has 1 unspecified atom stereocenters. The number of phenols is 1. The van der Waals surface area contributed by atoms with Crippen LogP contribution in [-0.2, 0) is 0 Å². The summed E-state index contributed by atoms with van der Waals surface area (Å²) in [5.74, 6) is 1.06. The Hall–Kier alpha value is -2.76. The molecular weight excluding hydrogens is 308 g/mol. The van der Waals surface area contributed by atoms with Crippen LogP contribution in [-0.4, -0.2) is 33.4 Å². The number of hydrogen-bond acceptors (Lipinski definition) is 4. The highest BCUT2D eigenvalue weighted by molar-refractivity contribution is 5.65. The molecular formula is C18H20N2O4. The molecule has 1 aromatic carbocycles. The number of carboxylic acid groups (broad SMARTS) is 1. The minimum atomic E-state index is -0.993. The van der Waals surface area contributed by atoms with Crippen molar-refractivity contribution >= 4 is 6.09 Å². The lowest BCUT2D eigenvalue weighted by atomic mass is 9.89. The van der Waals surface area contributed by atoms with Gasteiger partial charge in [0.25, 0.3) is 0 Å². The van der Waals surface area contributed by atoms with Crippen molar-refractivity contribution in [2.75, 3.05) is 0 Å². The summed E-state index contributed by atoms with van der Waals surface area (Å²) in [5.41, 5.74) is 2.00. The topological polar surface area (TPSA) is 91.7 Å². The maximum absolute atomic E-state index is 10.5. The van der Waals surface area contributed by atoms with Crippen molar-refractivity contribution < 1.29 is 19.7 Å². The second-order valence-corrected chi connectivity index (χ2v) is 6.09. The van der Waals surface area contributed by atoms with Gasteiger partial charge in [0.1, 0.15) is 17.6 Å². The van der Waals surface area contributed by atoms with Crippen LogP contribution in [0.15, 0.2) is 42.6 Å². The van der Waals surface area contributed by atoms with E-state index in [1.54, 1.807) is 18.3 Å². The second-order valence-electron chi connectivity index (χ2n) is 6.09. The molecule has 1 amide bonds. The number of pyridine rings is 1. The molecule has 1 fully saturated rings. The van der Waals surface area contributed by atoms with Crippen LogP contribution in [0, 0.1) is 0 Å². The summed E-state index contributed by atoms with van der Waals surface area (Å²) in [4.78, 5) is 15.0. The molecule has 126 valence electrons. The van der Waals surface area contributed by atoms with Gasteiger partial charge in [-0.25, -0.2) is 4.79 Å². The van der Waals surface area contributed by atoms with Gasteiger partial charge in [-0.15, -0.1) is 0 Å². The molecule has 24 heavy (non-hydrogen) atoms. The lowest BCUT2D eigenvalue weighted by Crippen LogP contribution is -2.48. The van der Waals surface area contributed by atoms with E-state index in [1.165, 1.54) is 0 Å². The summed E-state index contributed by atoms with van der Waals surface area (Å²) in [5, 5.41) is 20.4. The average Bonchev–Trinajstić information content (AvgIpc) is 2.53. The first kappa shape index (κ1) is 16.1. The van der Waals surface area contributed by atoms with E-state index in [4.69, 9.17) is 9.84 Å². The number of aromatic hydroxyl groups is 1. The van der Waals surface area contributed by atoms with Crippen LogP contribution in [0.1, 0.15) is 36.9 Å². The maximum atomic E-state index is 10.5. The van der Waals surface area contributed by atoms with Crippen LogP contribution in [0.3, 0.4) is 0 Å². The molecule has 0 radical (unpaired) electrons. The largest absolute Gasteiger partial charge is 0.508 e. The quantitative estimate of drug-likeness (QED) is 0.784. The number of ether oxygens (including phenoxy) is 1. The molecule has 3 rings (SSSR count). The number of hydrogen-bond donors (Lipinski definition) is 3. The summed E-state index contributed by atoms with van der Waals surface area (Å²) in [7, 11) is 0. The van der Waals surface area contributed by atoms with Crippen LogP contribution >= 0.6 is 0 Å². The smallest absolute Gasteiger partial charge is 0.404 e. The van der Waals surface area contributed by atoms with E-state index < -0.39 is 6.09 Å². The molecule has 0 saturated heterocycles. The standard InChI is InChI=1S/C18H20N2O4/c1-11(12-2-4-14(21)5-3-12)17-7-6-15(10-19-17)24-16-8-13(9-16)20-18(22)23/h2-7,10-11,13,16,20-21H,8-9H2,1H3,(H,22,23). The minimum Gasteiger partial charge on any atom is -0.508 e. The van der Waals surface area contributed by atoms with E-state index in [2.05, 4.69) is 17.2 Å². The number of aromatic nitrogens is 1. The first-order chi connectivity index (χ1) is 11.5. The predicted octanol–water partition coefficient (Wildman–Crippen LogP) is 3.12. The third kappa shape index (κ3) is 3.76. The third-order valence-corrected chi connectivity index (χ3v) is 4.32. The second kappa shape index (κ2) is 6.78. The summed E-state index contributed by atoms with van der Waals surface area (Å²) >= 11 is 0. The number of rotatable bonds is 5. The molecule has 1 aromatic heterocycles. The van der Waals surface area contributed by atoms with Crippen molar-refractivity contribution in [3.63, 3.8) is 0 Å². The zero-order valence-electron chi connectivity index (χ0n) is 13.3. The predicted molar refractivity (Wildman–Crippen MR) is 88.5 cm³/mol. The van der Waals surface area contributed by atoms with Gasteiger partial charge in [-0.1, -0.05) is 19.1 Å². The zero-order valence-corrected chi connectivity index (χ0v) is 13.3. The van der Waals surface area contributed by atoms with Gasteiger partial charge in [0.15, 0.2) is 0 Å². The molecule has 1 aliphatic rings. The SMILES string of the molecule is CC(c1ccc(O)cc1)c1ccc(OC2CC(NC(=O)O)C2)cn1. The average molecular weight is 328 g/mol. The molecule has 6 heteroatoms.